The summed E-state index contributed by atoms with van der Waals surface area (Å²) in [5, 5.41) is 9.60. The van der Waals surface area contributed by atoms with Gasteiger partial charge in [0.05, 0.1) is 17.3 Å². The fourth-order valence-corrected chi connectivity index (χ4v) is 2.99. The van der Waals surface area contributed by atoms with Gasteiger partial charge < -0.3 is 10.6 Å². The normalized spacial score (nSPS) is 11.3. The van der Waals surface area contributed by atoms with E-state index in [2.05, 4.69) is 39.8 Å². The minimum Gasteiger partial charge on any atom is -0.352 e. The molecule has 0 fully saturated rings. The third-order valence-electron chi connectivity index (χ3n) is 3.24. The van der Waals surface area contributed by atoms with Crippen LogP contribution in [0, 0.1) is 5.82 Å². The van der Waals surface area contributed by atoms with Gasteiger partial charge in [-0.3, -0.25) is 4.99 Å². The fourth-order valence-electron chi connectivity index (χ4n) is 1.89. The zero-order chi connectivity index (χ0) is 16.8. The summed E-state index contributed by atoms with van der Waals surface area (Å²) < 4.78 is 13.1. The molecule has 0 aliphatic carbocycles. The Labute approximate surface area is 168 Å². The molecule has 0 aliphatic rings. The molecule has 0 radical (unpaired) electrons. The van der Waals surface area contributed by atoms with Gasteiger partial charge in [-0.05, 0) is 23.6 Å². The van der Waals surface area contributed by atoms with Crippen molar-refractivity contribution in [3.8, 4) is 0 Å². The van der Waals surface area contributed by atoms with E-state index < -0.39 is 5.82 Å². The predicted octanol–water partition coefficient (Wildman–Crippen LogP) is 4.54. The van der Waals surface area contributed by atoms with E-state index in [4.69, 9.17) is 11.6 Å². The monoisotopic (exact) mass is 482 g/mol. The van der Waals surface area contributed by atoms with Crippen molar-refractivity contribution in [2.24, 2.45) is 4.99 Å². The van der Waals surface area contributed by atoms with Gasteiger partial charge in [-0.15, -0.1) is 35.3 Å². The lowest BCUT2D eigenvalue weighted by molar-refractivity contribution is 0.627. The lowest BCUT2D eigenvalue weighted by Gasteiger charge is -2.11. The second kappa shape index (κ2) is 10.1. The molecular weight excluding hydrogens is 462 g/mol. The number of thiazole rings is 1. The number of benzene rings is 1. The molecule has 132 valence electrons. The maximum absolute atomic E-state index is 13.1. The largest absolute Gasteiger partial charge is 0.352 e. The van der Waals surface area contributed by atoms with Crippen LogP contribution in [-0.2, 0) is 13.1 Å². The Hall–Kier alpha value is -0.930. The molecule has 1 aromatic carbocycles. The molecule has 0 bridgehead atoms. The molecule has 2 rings (SSSR count). The highest BCUT2D eigenvalue weighted by Crippen LogP contribution is 2.17. The number of aromatic nitrogens is 1. The molecule has 0 saturated carbocycles. The van der Waals surface area contributed by atoms with Crippen LogP contribution in [0.4, 0.5) is 4.39 Å². The molecule has 1 heterocycles. The van der Waals surface area contributed by atoms with E-state index >= 15 is 0 Å². The van der Waals surface area contributed by atoms with Crippen LogP contribution in [0.15, 0.2) is 28.6 Å². The standard InChI is InChI=1S/C16H20ClFN4S.HI/c1-10(2)14-9-23-15(22-14)8-21-16(19-3)20-7-11-4-5-13(18)12(17)6-11;/h4-6,9-10H,7-8H2,1-3H3,(H2,19,20,21);1H. The van der Waals surface area contributed by atoms with Crippen molar-refractivity contribution >= 4 is 52.9 Å². The molecular formula is C16H21ClFIN4S. The molecule has 2 N–H and O–H groups in total. The number of hydrogen-bond donors (Lipinski definition) is 2. The molecule has 0 unspecified atom stereocenters. The van der Waals surface area contributed by atoms with Gasteiger partial charge in [0.25, 0.3) is 0 Å². The first kappa shape index (κ1) is 21.1. The molecule has 2 aromatic rings. The number of nitrogens with one attached hydrogen (secondary N) is 2. The zero-order valence-electron chi connectivity index (χ0n) is 13.8. The molecule has 8 heteroatoms. The topological polar surface area (TPSA) is 49.3 Å². The first-order chi connectivity index (χ1) is 11.0. The highest BCUT2D eigenvalue weighted by Gasteiger charge is 2.07. The average Bonchev–Trinajstić information content (AvgIpc) is 3.00. The van der Waals surface area contributed by atoms with Crippen molar-refractivity contribution in [3.63, 3.8) is 0 Å². The van der Waals surface area contributed by atoms with E-state index in [1.54, 1.807) is 30.5 Å². The predicted molar refractivity (Wildman–Crippen MR) is 110 cm³/mol. The zero-order valence-corrected chi connectivity index (χ0v) is 17.7. The lowest BCUT2D eigenvalue weighted by Crippen LogP contribution is -2.36. The Morgan fingerprint density at radius 1 is 1.33 bits per heavy atom. The summed E-state index contributed by atoms with van der Waals surface area (Å²) in [5.41, 5.74) is 1.99. The summed E-state index contributed by atoms with van der Waals surface area (Å²) in [6.45, 7) is 5.37. The summed E-state index contributed by atoms with van der Waals surface area (Å²) in [6, 6.07) is 4.66. The van der Waals surface area contributed by atoms with Crippen LogP contribution in [0.2, 0.25) is 5.02 Å². The second-order valence-corrected chi connectivity index (χ2v) is 6.70. The Balaban J connectivity index is 0.00000288. The van der Waals surface area contributed by atoms with Crippen molar-refractivity contribution in [1.82, 2.24) is 15.6 Å². The SMILES string of the molecule is CN=C(NCc1ccc(F)c(Cl)c1)NCc1nc(C(C)C)cs1.I. The number of rotatable bonds is 5. The van der Waals surface area contributed by atoms with Crippen molar-refractivity contribution in [2.45, 2.75) is 32.9 Å². The highest BCUT2D eigenvalue weighted by molar-refractivity contribution is 14.0. The number of nitrogens with zero attached hydrogens (tertiary/aromatic N) is 2. The summed E-state index contributed by atoms with van der Waals surface area (Å²) >= 11 is 7.41. The van der Waals surface area contributed by atoms with E-state index in [1.165, 1.54) is 6.07 Å². The minimum atomic E-state index is -0.414. The summed E-state index contributed by atoms with van der Waals surface area (Å²) in [7, 11) is 1.70. The Morgan fingerprint density at radius 2 is 2.04 bits per heavy atom. The smallest absolute Gasteiger partial charge is 0.191 e. The van der Waals surface area contributed by atoms with E-state index in [0.717, 1.165) is 16.3 Å². The Bertz CT molecular complexity index is 690. The summed E-state index contributed by atoms with van der Waals surface area (Å²) in [4.78, 5) is 8.73. The van der Waals surface area contributed by atoms with E-state index in [0.29, 0.717) is 25.0 Å². The van der Waals surface area contributed by atoms with Gasteiger partial charge in [-0.1, -0.05) is 31.5 Å². The average molecular weight is 483 g/mol. The third kappa shape index (κ3) is 6.18. The first-order valence-corrected chi connectivity index (χ1v) is 8.58. The Kier molecular flexibility index (Phi) is 8.93. The molecule has 0 saturated heterocycles. The van der Waals surface area contributed by atoms with Crippen molar-refractivity contribution in [3.05, 3.63) is 50.7 Å². The van der Waals surface area contributed by atoms with Gasteiger partial charge in [0.15, 0.2) is 5.96 Å². The third-order valence-corrected chi connectivity index (χ3v) is 4.39. The van der Waals surface area contributed by atoms with Gasteiger partial charge in [0.2, 0.25) is 0 Å². The van der Waals surface area contributed by atoms with Gasteiger partial charge in [0.1, 0.15) is 10.8 Å². The van der Waals surface area contributed by atoms with Crippen LogP contribution >= 0.6 is 46.9 Å². The molecule has 24 heavy (non-hydrogen) atoms. The van der Waals surface area contributed by atoms with Crippen molar-refractivity contribution < 1.29 is 4.39 Å². The van der Waals surface area contributed by atoms with Crippen LogP contribution in [-0.4, -0.2) is 18.0 Å². The fraction of sp³-hybridized carbons (Fsp3) is 0.375. The quantitative estimate of drug-likeness (QED) is 0.374. The van der Waals surface area contributed by atoms with Crippen molar-refractivity contribution in [1.29, 1.82) is 0 Å². The minimum absolute atomic E-state index is 0. The summed E-state index contributed by atoms with van der Waals surface area (Å²) in [6.07, 6.45) is 0. The van der Waals surface area contributed by atoms with Crippen LogP contribution in [0.5, 0.6) is 0 Å². The van der Waals surface area contributed by atoms with Crippen LogP contribution in [0.1, 0.15) is 36.0 Å². The van der Waals surface area contributed by atoms with Gasteiger partial charge >= 0.3 is 0 Å². The number of halogens is 3. The molecule has 0 spiro atoms. The lowest BCUT2D eigenvalue weighted by atomic mass is 10.2. The molecule has 0 atom stereocenters. The molecule has 0 amide bonds. The van der Waals surface area contributed by atoms with Gasteiger partial charge in [-0.25, -0.2) is 9.37 Å². The van der Waals surface area contributed by atoms with Gasteiger partial charge in [-0.2, -0.15) is 0 Å². The van der Waals surface area contributed by atoms with E-state index in [1.807, 2.05) is 0 Å². The van der Waals surface area contributed by atoms with Crippen molar-refractivity contribution in [2.75, 3.05) is 7.05 Å². The maximum atomic E-state index is 13.1. The molecule has 0 aliphatic heterocycles. The van der Waals surface area contributed by atoms with E-state index in [9.17, 15) is 4.39 Å². The van der Waals surface area contributed by atoms with E-state index in [-0.39, 0.29) is 29.0 Å². The number of hydrogen-bond acceptors (Lipinski definition) is 3. The number of aliphatic imine (C=N–C) groups is 1. The summed E-state index contributed by atoms with van der Waals surface area (Å²) in [5.74, 6) is 0.676. The van der Waals surface area contributed by atoms with Crippen LogP contribution in [0.3, 0.4) is 0 Å². The second-order valence-electron chi connectivity index (χ2n) is 5.35. The van der Waals surface area contributed by atoms with Crippen LogP contribution < -0.4 is 10.6 Å². The van der Waals surface area contributed by atoms with Crippen LogP contribution in [0.25, 0.3) is 0 Å². The number of guanidine groups is 1. The maximum Gasteiger partial charge on any atom is 0.191 e. The molecule has 4 nitrogen and oxygen atoms in total. The van der Waals surface area contributed by atoms with Gasteiger partial charge in [0, 0.05) is 19.0 Å². The highest BCUT2D eigenvalue weighted by atomic mass is 127. The molecule has 1 aromatic heterocycles. The Morgan fingerprint density at radius 3 is 2.62 bits per heavy atom. The first-order valence-electron chi connectivity index (χ1n) is 7.32.